The van der Waals surface area contributed by atoms with Gasteiger partial charge in [-0.05, 0) is 29.8 Å². The summed E-state index contributed by atoms with van der Waals surface area (Å²) in [6.07, 6.45) is -0.559. The number of nitrogens with zero attached hydrogens (tertiary/aromatic N) is 2. The monoisotopic (exact) mass is 492 g/mol. The number of benzene rings is 3. The van der Waals surface area contributed by atoms with Gasteiger partial charge in [0.05, 0.1) is 33.0 Å². The first-order valence-corrected chi connectivity index (χ1v) is 12.3. The molecule has 1 heterocycles. The molecular formula is C29H36N2O5. The van der Waals surface area contributed by atoms with Crippen LogP contribution in [-0.4, -0.2) is 74.9 Å². The Labute approximate surface area is 212 Å². The summed E-state index contributed by atoms with van der Waals surface area (Å²) >= 11 is 0. The van der Waals surface area contributed by atoms with E-state index >= 15 is 0 Å². The third kappa shape index (κ3) is 6.17. The van der Waals surface area contributed by atoms with Crippen LogP contribution in [0.2, 0.25) is 0 Å². The number of aliphatic hydroxyl groups is 1. The van der Waals surface area contributed by atoms with E-state index in [1.54, 1.807) is 21.3 Å². The average Bonchev–Trinajstić information content (AvgIpc) is 3.21. The second kappa shape index (κ2) is 12.7. The van der Waals surface area contributed by atoms with Gasteiger partial charge in [0.15, 0.2) is 11.5 Å². The van der Waals surface area contributed by atoms with Gasteiger partial charge in [0.25, 0.3) is 0 Å². The second-order valence-electron chi connectivity index (χ2n) is 8.85. The molecule has 0 bridgehead atoms. The first kappa shape index (κ1) is 26.0. The lowest BCUT2D eigenvalue weighted by Crippen LogP contribution is -2.36. The Hall–Kier alpha value is -3.10. The normalized spacial score (nSPS) is 12.5. The molecule has 0 aliphatic carbocycles. The maximum atomic E-state index is 11.2. The SMILES string of the molecule is COCCOc1cc(CN(CCOC)C[C@@H](O)Cn2c3ccccc3c3ccccc32)ccc1OC. The molecule has 0 unspecified atom stereocenters. The van der Waals surface area contributed by atoms with Gasteiger partial charge >= 0.3 is 0 Å². The number of methoxy groups -OCH3 is 3. The van der Waals surface area contributed by atoms with E-state index in [0.29, 0.717) is 57.5 Å². The summed E-state index contributed by atoms with van der Waals surface area (Å²) in [6, 6.07) is 22.7. The first-order valence-electron chi connectivity index (χ1n) is 12.3. The van der Waals surface area contributed by atoms with E-state index < -0.39 is 6.10 Å². The van der Waals surface area contributed by atoms with Gasteiger partial charge in [-0.1, -0.05) is 42.5 Å². The number of ether oxygens (including phenoxy) is 4. The van der Waals surface area contributed by atoms with Gasteiger partial charge in [-0.25, -0.2) is 0 Å². The van der Waals surface area contributed by atoms with Crippen molar-refractivity contribution in [3.8, 4) is 11.5 Å². The van der Waals surface area contributed by atoms with Gasteiger partial charge in [0, 0.05) is 55.7 Å². The fourth-order valence-electron chi connectivity index (χ4n) is 4.65. The van der Waals surface area contributed by atoms with Crippen molar-refractivity contribution in [2.24, 2.45) is 0 Å². The highest BCUT2D eigenvalue weighted by Crippen LogP contribution is 2.30. The van der Waals surface area contributed by atoms with Crippen LogP contribution in [-0.2, 0) is 22.6 Å². The molecule has 0 radical (unpaired) electrons. The minimum absolute atomic E-state index is 0.446. The number of aliphatic hydroxyl groups excluding tert-OH is 1. The Bertz CT molecular complexity index is 1200. The van der Waals surface area contributed by atoms with E-state index in [0.717, 1.165) is 16.6 Å². The second-order valence-corrected chi connectivity index (χ2v) is 8.85. The van der Waals surface area contributed by atoms with Gasteiger partial charge in [0.1, 0.15) is 6.61 Å². The molecule has 0 aliphatic heterocycles. The zero-order chi connectivity index (χ0) is 25.3. The van der Waals surface area contributed by atoms with Crippen molar-refractivity contribution in [1.29, 1.82) is 0 Å². The van der Waals surface area contributed by atoms with Crippen LogP contribution in [0.3, 0.4) is 0 Å². The smallest absolute Gasteiger partial charge is 0.161 e. The van der Waals surface area contributed by atoms with Crippen molar-refractivity contribution >= 4 is 21.8 Å². The number of hydrogen-bond donors (Lipinski definition) is 1. The topological polar surface area (TPSA) is 65.3 Å². The lowest BCUT2D eigenvalue weighted by molar-refractivity contribution is 0.0767. The molecule has 4 aromatic rings. The Morgan fingerprint density at radius 3 is 2.11 bits per heavy atom. The number of rotatable bonds is 14. The number of aromatic nitrogens is 1. The summed E-state index contributed by atoms with van der Waals surface area (Å²) in [4.78, 5) is 2.21. The minimum atomic E-state index is -0.559. The molecule has 192 valence electrons. The molecule has 0 saturated carbocycles. The Kier molecular flexibility index (Phi) is 9.19. The Balaban J connectivity index is 1.51. The van der Waals surface area contributed by atoms with Crippen LogP contribution in [0.25, 0.3) is 21.8 Å². The predicted molar refractivity (Wildman–Crippen MR) is 143 cm³/mol. The third-order valence-electron chi connectivity index (χ3n) is 6.33. The number of para-hydroxylation sites is 2. The van der Waals surface area contributed by atoms with Crippen LogP contribution in [0.15, 0.2) is 66.7 Å². The van der Waals surface area contributed by atoms with Crippen molar-refractivity contribution in [2.45, 2.75) is 19.2 Å². The molecule has 0 spiro atoms. The molecule has 4 rings (SSSR count). The maximum absolute atomic E-state index is 11.2. The highest BCUT2D eigenvalue weighted by Gasteiger charge is 2.17. The van der Waals surface area contributed by atoms with Gasteiger partial charge in [-0.2, -0.15) is 0 Å². The summed E-state index contributed by atoms with van der Waals surface area (Å²) in [5.41, 5.74) is 3.34. The average molecular weight is 493 g/mol. The van der Waals surface area contributed by atoms with E-state index in [2.05, 4.69) is 45.9 Å². The molecule has 0 fully saturated rings. The molecule has 1 atom stereocenters. The molecule has 0 amide bonds. The molecule has 1 N–H and O–H groups in total. The summed E-state index contributed by atoms with van der Waals surface area (Å²) < 4.78 is 24.0. The van der Waals surface area contributed by atoms with Crippen LogP contribution < -0.4 is 9.47 Å². The first-order chi connectivity index (χ1) is 17.6. The van der Waals surface area contributed by atoms with Crippen molar-refractivity contribution in [3.05, 3.63) is 72.3 Å². The van der Waals surface area contributed by atoms with Crippen LogP contribution in [0.5, 0.6) is 11.5 Å². The van der Waals surface area contributed by atoms with E-state index in [-0.39, 0.29) is 0 Å². The fraction of sp³-hybridized carbons (Fsp3) is 0.379. The third-order valence-corrected chi connectivity index (χ3v) is 6.33. The van der Waals surface area contributed by atoms with Crippen LogP contribution in [0.4, 0.5) is 0 Å². The van der Waals surface area contributed by atoms with E-state index in [4.69, 9.17) is 18.9 Å². The highest BCUT2D eigenvalue weighted by molar-refractivity contribution is 6.07. The molecule has 3 aromatic carbocycles. The van der Waals surface area contributed by atoms with Crippen molar-refractivity contribution in [3.63, 3.8) is 0 Å². The molecule has 7 heteroatoms. The van der Waals surface area contributed by atoms with Crippen molar-refractivity contribution in [2.75, 3.05) is 54.2 Å². The molecule has 0 aliphatic rings. The summed E-state index contributed by atoms with van der Waals surface area (Å²) in [5.74, 6) is 1.37. The van der Waals surface area contributed by atoms with Crippen molar-refractivity contribution in [1.82, 2.24) is 9.47 Å². The summed E-state index contributed by atoms with van der Waals surface area (Å²) in [6.45, 7) is 3.89. The fourth-order valence-corrected chi connectivity index (χ4v) is 4.65. The standard InChI is InChI=1S/C29H36N2O5/c1-33-15-14-30(19-22-12-13-28(35-3)29(18-22)36-17-16-34-2)20-23(32)21-31-26-10-6-4-8-24(26)25-9-5-7-11-27(25)31/h4-13,18,23,32H,14-17,19-21H2,1-3H3/t23-/m1/s1. The van der Waals surface area contributed by atoms with Gasteiger partial charge < -0.3 is 28.6 Å². The summed E-state index contributed by atoms with van der Waals surface area (Å²) in [5, 5.41) is 13.6. The largest absolute Gasteiger partial charge is 0.493 e. The molecular weight excluding hydrogens is 456 g/mol. The Morgan fingerprint density at radius 1 is 0.806 bits per heavy atom. The van der Waals surface area contributed by atoms with Gasteiger partial charge in [-0.3, -0.25) is 4.90 Å². The molecule has 0 saturated heterocycles. The Morgan fingerprint density at radius 2 is 1.47 bits per heavy atom. The highest BCUT2D eigenvalue weighted by atomic mass is 16.5. The van der Waals surface area contributed by atoms with E-state index in [1.807, 2.05) is 30.3 Å². The predicted octanol–water partition coefficient (Wildman–Crippen LogP) is 4.34. The van der Waals surface area contributed by atoms with Crippen LogP contribution in [0, 0.1) is 0 Å². The zero-order valence-corrected chi connectivity index (χ0v) is 21.4. The maximum Gasteiger partial charge on any atom is 0.161 e. The quantitative estimate of drug-likeness (QED) is 0.264. The van der Waals surface area contributed by atoms with Crippen LogP contribution >= 0.6 is 0 Å². The molecule has 1 aromatic heterocycles. The van der Waals surface area contributed by atoms with Gasteiger partial charge in [0.2, 0.25) is 0 Å². The summed E-state index contributed by atoms with van der Waals surface area (Å²) in [7, 11) is 4.98. The van der Waals surface area contributed by atoms with E-state index in [1.165, 1.54) is 10.8 Å². The van der Waals surface area contributed by atoms with E-state index in [9.17, 15) is 5.11 Å². The molecule has 7 nitrogen and oxygen atoms in total. The number of hydrogen-bond acceptors (Lipinski definition) is 6. The number of fused-ring (bicyclic) bond motifs is 3. The minimum Gasteiger partial charge on any atom is -0.493 e. The molecule has 36 heavy (non-hydrogen) atoms. The van der Waals surface area contributed by atoms with Crippen molar-refractivity contribution < 1.29 is 24.1 Å². The van der Waals surface area contributed by atoms with Crippen LogP contribution in [0.1, 0.15) is 5.56 Å². The lowest BCUT2D eigenvalue weighted by atomic mass is 10.1. The van der Waals surface area contributed by atoms with Gasteiger partial charge in [-0.15, -0.1) is 0 Å². The zero-order valence-electron chi connectivity index (χ0n) is 21.4. The lowest BCUT2D eigenvalue weighted by Gasteiger charge is -2.26.